The van der Waals surface area contributed by atoms with Crippen LogP contribution in [0.15, 0.2) is 12.5 Å². The van der Waals surface area contributed by atoms with E-state index in [1.54, 1.807) is 0 Å². The highest BCUT2D eigenvalue weighted by Gasteiger charge is 2.13. The first-order chi connectivity index (χ1) is 9.13. The van der Waals surface area contributed by atoms with Crippen LogP contribution in [0.25, 0.3) is 0 Å². The molecule has 0 unspecified atom stereocenters. The molecule has 0 aliphatic carbocycles. The Labute approximate surface area is 112 Å². The van der Waals surface area contributed by atoms with Crippen molar-refractivity contribution in [2.45, 2.75) is 40.3 Å². The van der Waals surface area contributed by atoms with Gasteiger partial charge in [-0.05, 0) is 20.3 Å². The normalized spacial score (nSPS) is 10.7. The van der Waals surface area contributed by atoms with E-state index >= 15 is 0 Å². The summed E-state index contributed by atoms with van der Waals surface area (Å²) in [6.45, 7) is 7.51. The van der Waals surface area contributed by atoms with Crippen molar-refractivity contribution >= 4 is 5.91 Å². The predicted octanol–water partition coefficient (Wildman–Crippen LogP) is 1.56. The number of carbonyl (C=O) groups is 1. The molecule has 0 aliphatic rings. The van der Waals surface area contributed by atoms with E-state index in [-0.39, 0.29) is 5.91 Å². The molecule has 2 heterocycles. The molecule has 0 radical (unpaired) electrons. The standard InChI is InChI=1S/C13H19N5O/c1-4-5-18-10(3)11(9(2)17-18)6-15-13(19)12-7-14-8-16-12/h7-8H,4-6H2,1-3H3,(H,14,16)(H,15,19). The van der Waals surface area contributed by atoms with E-state index in [0.29, 0.717) is 12.2 Å². The van der Waals surface area contributed by atoms with Gasteiger partial charge in [0.15, 0.2) is 0 Å². The zero-order valence-electron chi connectivity index (χ0n) is 11.5. The Morgan fingerprint density at radius 1 is 1.47 bits per heavy atom. The van der Waals surface area contributed by atoms with Gasteiger partial charge in [-0.3, -0.25) is 9.48 Å². The predicted molar refractivity (Wildman–Crippen MR) is 71.7 cm³/mol. The van der Waals surface area contributed by atoms with E-state index in [1.165, 1.54) is 12.5 Å². The average Bonchev–Trinajstić information content (AvgIpc) is 2.99. The Bertz CT molecular complexity index is 556. The average molecular weight is 261 g/mol. The lowest BCUT2D eigenvalue weighted by atomic mass is 10.2. The number of carbonyl (C=O) groups excluding carboxylic acids is 1. The van der Waals surface area contributed by atoms with Gasteiger partial charge in [-0.15, -0.1) is 0 Å². The van der Waals surface area contributed by atoms with Gasteiger partial charge in [0, 0.05) is 24.3 Å². The van der Waals surface area contributed by atoms with Gasteiger partial charge in [-0.25, -0.2) is 4.98 Å². The summed E-state index contributed by atoms with van der Waals surface area (Å²) in [6, 6.07) is 0. The third kappa shape index (κ3) is 2.83. The van der Waals surface area contributed by atoms with E-state index in [1.807, 2.05) is 18.5 Å². The van der Waals surface area contributed by atoms with Crippen LogP contribution in [0.5, 0.6) is 0 Å². The van der Waals surface area contributed by atoms with Gasteiger partial charge >= 0.3 is 0 Å². The second kappa shape index (κ2) is 5.69. The maximum absolute atomic E-state index is 11.8. The second-order valence-corrected chi connectivity index (χ2v) is 4.52. The summed E-state index contributed by atoms with van der Waals surface area (Å²) >= 11 is 0. The topological polar surface area (TPSA) is 75.6 Å². The number of rotatable bonds is 5. The molecule has 0 saturated heterocycles. The van der Waals surface area contributed by atoms with Gasteiger partial charge in [0.2, 0.25) is 0 Å². The first-order valence-corrected chi connectivity index (χ1v) is 6.43. The number of imidazole rings is 1. The fraction of sp³-hybridized carbons (Fsp3) is 0.462. The SMILES string of the molecule is CCCn1nc(C)c(CNC(=O)c2cnc[nH]2)c1C. The van der Waals surface area contributed by atoms with Crippen molar-refractivity contribution in [3.63, 3.8) is 0 Å². The van der Waals surface area contributed by atoms with Gasteiger partial charge < -0.3 is 10.3 Å². The number of H-pyrrole nitrogens is 1. The monoisotopic (exact) mass is 261 g/mol. The largest absolute Gasteiger partial charge is 0.347 e. The van der Waals surface area contributed by atoms with Gasteiger partial charge in [-0.1, -0.05) is 6.92 Å². The smallest absolute Gasteiger partial charge is 0.269 e. The number of nitrogens with one attached hydrogen (secondary N) is 2. The van der Waals surface area contributed by atoms with Crippen LogP contribution < -0.4 is 5.32 Å². The Morgan fingerprint density at radius 2 is 2.26 bits per heavy atom. The highest BCUT2D eigenvalue weighted by atomic mass is 16.1. The number of amides is 1. The molecule has 0 bridgehead atoms. The minimum atomic E-state index is -0.153. The van der Waals surface area contributed by atoms with E-state index < -0.39 is 0 Å². The highest BCUT2D eigenvalue weighted by Crippen LogP contribution is 2.13. The fourth-order valence-electron chi connectivity index (χ4n) is 2.06. The molecule has 0 saturated carbocycles. The summed E-state index contributed by atoms with van der Waals surface area (Å²) in [4.78, 5) is 18.4. The van der Waals surface area contributed by atoms with Crippen molar-refractivity contribution in [2.75, 3.05) is 0 Å². The molecule has 6 heteroatoms. The minimum absolute atomic E-state index is 0.153. The summed E-state index contributed by atoms with van der Waals surface area (Å²) in [7, 11) is 0. The van der Waals surface area contributed by atoms with Crippen LogP contribution in [0, 0.1) is 13.8 Å². The molecule has 2 rings (SSSR count). The number of aryl methyl sites for hydroxylation is 2. The molecule has 1 amide bonds. The van der Waals surface area contributed by atoms with Crippen LogP contribution in [0.2, 0.25) is 0 Å². The molecule has 6 nitrogen and oxygen atoms in total. The van der Waals surface area contributed by atoms with E-state index in [0.717, 1.165) is 29.9 Å². The first-order valence-electron chi connectivity index (χ1n) is 6.43. The molecule has 0 aliphatic heterocycles. The molecule has 0 atom stereocenters. The van der Waals surface area contributed by atoms with Crippen molar-refractivity contribution < 1.29 is 4.79 Å². The van der Waals surface area contributed by atoms with Crippen LogP contribution in [0.3, 0.4) is 0 Å². The minimum Gasteiger partial charge on any atom is -0.347 e. The van der Waals surface area contributed by atoms with Crippen LogP contribution in [0.1, 0.15) is 40.8 Å². The van der Waals surface area contributed by atoms with E-state index in [2.05, 4.69) is 27.3 Å². The molecule has 2 N–H and O–H groups in total. The quantitative estimate of drug-likeness (QED) is 0.857. The Balaban J connectivity index is 2.05. The summed E-state index contributed by atoms with van der Waals surface area (Å²) in [5, 5.41) is 7.36. The molecule has 2 aromatic rings. The van der Waals surface area contributed by atoms with Crippen molar-refractivity contribution in [3.05, 3.63) is 35.2 Å². The second-order valence-electron chi connectivity index (χ2n) is 4.52. The fourth-order valence-corrected chi connectivity index (χ4v) is 2.06. The van der Waals surface area contributed by atoms with Gasteiger partial charge in [0.1, 0.15) is 5.69 Å². The Kier molecular flexibility index (Phi) is 3.99. The highest BCUT2D eigenvalue weighted by molar-refractivity contribution is 5.91. The number of nitrogens with zero attached hydrogens (tertiary/aromatic N) is 3. The molecular formula is C13H19N5O. The number of hydrogen-bond acceptors (Lipinski definition) is 3. The number of hydrogen-bond donors (Lipinski definition) is 2. The van der Waals surface area contributed by atoms with Gasteiger partial charge in [0.05, 0.1) is 18.2 Å². The molecule has 19 heavy (non-hydrogen) atoms. The van der Waals surface area contributed by atoms with Crippen molar-refractivity contribution in [3.8, 4) is 0 Å². The maximum atomic E-state index is 11.8. The number of aromatic amines is 1. The van der Waals surface area contributed by atoms with Crippen LogP contribution in [-0.4, -0.2) is 25.7 Å². The zero-order valence-corrected chi connectivity index (χ0v) is 11.5. The summed E-state index contributed by atoms with van der Waals surface area (Å²) in [5.41, 5.74) is 3.64. The lowest BCUT2D eigenvalue weighted by molar-refractivity contribution is 0.0946. The summed E-state index contributed by atoms with van der Waals surface area (Å²) in [5.74, 6) is -0.153. The van der Waals surface area contributed by atoms with Gasteiger partial charge in [0.25, 0.3) is 5.91 Å². The molecule has 0 aromatic carbocycles. The lowest BCUT2D eigenvalue weighted by Gasteiger charge is -2.05. The molecular weight excluding hydrogens is 242 g/mol. The van der Waals surface area contributed by atoms with E-state index in [9.17, 15) is 4.79 Å². The van der Waals surface area contributed by atoms with Crippen LogP contribution >= 0.6 is 0 Å². The van der Waals surface area contributed by atoms with Gasteiger partial charge in [-0.2, -0.15) is 5.10 Å². The third-order valence-electron chi connectivity index (χ3n) is 3.14. The van der Waals surface area contributed by atoms with Crippen LogP contribution in [-0.2, 0) is 13.1 Å². The van der Waals surface area contributed by atoms with E-state index in [4.69, 9.17) is 0 Å². The Hall–Kier alpha value is -2.11. The van der Waals surface area contributed by atoms with Crippen LogP contribution in [0.4, 0.5) is 0 Å². The van der Waals surface area contributed by atoms with Crippen molar-refractivity contribution in [1.82, 2.24) is 25.1 Å². The molecule has 0 fully saturated rings. The molecule has 0 spiro atoms. The molecule has 102 valence electrons. The zero-order chi connectivity index (χ0) is 13.8. The Morgan fingerprint density at radius 3 is 2.89 bits per heavy atom. The van der Waals surface area contributed by atoms with Crippen molar-refractivity contribution in [2.24, 2.45) is 0 Å². The lowest BCUT2D eigenvalue weighted by Crippen LogP contribution is -2.23. The summed E-state index contributed by atoms with van der Waals surface area (Å²) < 4.78 is 1.99. The van der Waals surface area contributed by atoms with Crippen molar-refractivity contribution in [1.29, 1.82) is 0 Å². The number of aromatic nitrogens is 4. The third-order valence-corrected chi connectivity index (χ3v) is 3.14. The maximum Gasteiger partial charge on any atom is 0.269 e. The first kappa shape index (κ1) is 13.3. The molecule has 2 aromatic heterocycles. The summed E-state index contributed by atoms with van der Waals surface area (Å²) in [6.07, 6.45) is 4.04.